The molecule has 4 nitrogen and oxygen atoms in total. The molecule has 82 valence electrons. The Morgan fingerprint density at radius 1 is 1.50 bits per heavy atom. The molecule has 0 amide bonds. The quantitative estimate of drug-likeness (QED) is 0.767. The highest BCUT2D eigenvalue weighted by Crippen LogP contribution is 2.15. The van der Waals surface area contributed by atoms with Gasteiger partial charge in [0.05, 0.1) is 17.5 Å². The van der Waals surface area contributed by atoms with Crippen molar-refractivity contribution >= 4 is 17.4 Å². The zero-order valence-corrected chi connectivity index (χ0v) is 8.98. The molecule has 0 saturated heterocycles. The van der Waals surface area contributed by atoms with E-state index in [0.717, 1.165) is 0 Å². The summed E-state index contributed by atoms with van der Waals surface area (Å²) in [6, 6.07) is 4.82. The summed E-state index contributed by atoms with van der Waals surface area (Å²) in [4.78, 5) is 15.3. The van der Waals surface area contributed by atoms with Crippen LogP contribution in [-0.2, 0) is 0 Å². The molecule has 0 unspecified atom stereocenters. The minimum Gasteiger partial charge on any atom is -0.484 e. The van der Waals surface area contributed by atoms with E-state index in [1.54, 1.807) is 18.2 Å². The number of aromatic nitrogens is 1. The molecule has 0 atom stereocenters. The number of carbonyl (C=O) groups is 1. The Labute approximate surface area is 96.8 Å². The van der Waals surface area contributed by atoms with Crippen molar-refractivity contribution in [2.75, 3.05) is 6.61 Å². The van der Waals surface area contributed by atoms with Crippen LogP contribution in [0.2, 0.25) is 5.02 Å². The third-order valence-corrected chi connectivity index (χ3v) is 2.05. The van der Waals surface area contributed by atoms with Crippen LogP contribution in [-0.4, -0.2) is 17.4 Å². The lowest BCUT2D eigenvalue weighted by molar-refractivity contribution is 0.0893. The first-order chi connectivity index (χ1) is 7.75. The maximum atomic E-state index is 11.5. The predicted octanol–water partition coefficient (Wildman–Crippen LogP) is 2.59. The lowest BCUT2D eigenvalue weighted by Crippen LogP contribution is -2.10. The van der Waals surface area contributed by atoms with Gasteiger partial charge in [0, 0.05) is 12.3 Å². The number of halogens is 1. The summed E-state index contributed by atoms with van der Waals surface area (Å²) in [7, 11) is 0. The van der Waals surface area contributed by atoms with Crippen LogP contribution in [0, 0.1) is 0 Å². The van der Waals surface area contributed by atoms with Crippen molar-refractivity contribution in [2.24, 2.45) is 0 Å². The van der Waals surface area contributed by atoms with Gasteiger partial charge in [-0.2, -0.15) is 0 Å². The first-order valence-electron chi connectivity index (χ1n) is 4.56. The molecule has 0 bridgehead atoms. The van der Waals surface area contributed by atoms with E-state index in [2.05, 4.69) is 4.98 Å². The second-order valence-electron chi connectivity index (χ2n) is 3.03. The van der Waals surface area contributed by atoms with E-state index in [1.807, 2.05) is 0 Å². The first-order valence-corrected chi connectivity index (χ1v) is 4.93. The van der Waals surface area contributed by atoms with Gasteiger partial charge in [-0.05, 0) is 12.1 Å². The van der Waals surface area contributed by atoms with Crippen LogP contribution in [0.5, 0.6) is 5.75 Å². The van der Waals surface area contributed by atoms with Gasteiger partial charge in [0.25, 0.3) is 0 Å². The molecule has 0 aliphatic rings. The lowest BCUT2D eigenvalue weighted by atomic mass is 10.3. The number of ketones is 1. The highest BCUT2D eigenvalue weighted by Gasteiger charge is 2.09. The number of nitrogens with zero attached hydrogens (tertiary/aromatic N) is 1. The number of rotatable bonds is 4. The van der Waals surface area contributed by atoms with E-state index >= 15 is 0 Å². The molecule has 2 aromatic heterocycles. The molecule has 16 heavy (non-hydrogen) atoms. The Balaban J connectivity index is 1.95. The fraction of sp³-hybridized carbons (Fsp3) is 0.0909. The number of pyridine rings is 1. The fourth-order valence-electron chi connectivity index (χ4n) is 1.13. The first kappa shape index (κ1) is 10.7. The molecule has 2 rings (SSSR count). The highest BCUT2D eigenvalue weighted by molar-refractivity contribution is 6.30. The number of hydrogen-bond acceptors (Lipinski definition) is 4. The van der Waals surface area contributed by atoms with Gasteiger partial charge in [-0.3, -0.25) is 9.78 Å². The van der Waals surface area contributed by atoms with Crippen LogP contribution >= 0.6 is 11.6 Å². The third kappa shape index (κ3) is 2.61. The second kappa shape index (κ2) is 4.81. The van der Waals surface area contributed by atoms with Gasteiger partial charge in [-0.1, -0.05) is 11.6 Å². The average Bonchev–Trinajstić information content (AvgIpc) is 2.79. The molecular weight excluding hydrogens is 230 g/mol. The summed E-state index contributed by atoms with van der Waals surface area (Å²) in [6.45, 7) is -0.102. The van der Waals surface area contributed by atoms with Gasteiger partial charge in [-0.25, -0.2) is 0 Å². The van der Waals surface area contributed by atoms with Crippen LogP contribution in [0.25, 0.3) is 0 Å². The van der Waals surface area contributed by atoms with Crippen molar-refractivity contribution in [3.05, 3.63) is 47.6 Å². The van der Waals surface area contributed by atoms with Crippen LogP contribution in [0.4, 0.5) is 0 Å². The van der Waals surface area contributed by atoms with Gasteiger partial charge in [0.1, 0.15) is 5.75 Å². The fourth-order valence-corrected chi connectivity index (χ4v) is 1.29. The third-order valence-electron chi connectivity index (χ3n) is 1.85. The Morgan fingerprint density at radius 2 is 2.38 bits per heavy atom. The number of Topliss-reactive ketones (excluding diaryl/α,β-unsaturated/α-hetero) is 1. The molecule has 0 N–H and O–H groups in total. The van der Waals surface area contributed by atoms with Crippen LogP contribution in [0.3, 0.4) is 0 Å². The van der Waals surface area contributed by atoms with Crippen LogP contribution in [0.15, 0.2) is 41.3 Å². The lowest BCUT2D eigenvalue weighted by Gasteiger charge is -2.03. The van der Waals surface area contributed by atoms with Crippen molar-refractivity contribution in [1.29, 1.82) is 0 Å². The topological polar surface area (TPSA) is 52.3 Å². The summed E-state index contributed by atoms with van der Waals surface area (Å²) < 4.78 is 10.2. The van der Waals surface area contributed by atoms with Crippen molar-refractivity contribution in [1.82, 2.24) is 4.98 Å². The Morgan fingerprint density at radius 3 is 3.06 bits per heavy atom. The smallest absolute Gasteiger partial charge is 0.235 e. The van der Waals surface area contributed by atoms with E-state index < -0.39 is 0 Å². The Hall–Kier alpha value is -1.81. The predicted molar refractivity (Wildman–Crippen MR) is 57.8 cm³/mol. The molecule has 0 spiro atoms. The van der Waals surface area contributed by atoms with Gasteiger partial charge >= 0.3 is 0 Å². The highest BCUT2D eigenvalue weighted by atomic mass is 35.5. The van der Waals surface area contributed by atoms with E-state index in [1.165, 1.54) is 18.7 Å². The second-order valence-corrected chi connectivity index (χ2v) is 3.46. The SMILES string of the molecule is O=C(COc1cncc(Cl)c1)c1ccco1. The number of hydrogen-bond donors (Lipinski definition) is 0. The number of furan rings is 1. The summed E-state index contributed by atoms with van der Waals surface area (Å²) in [5.74, 6) is 0.493. The summed E-state index contributed by atoms with van der Waals surface area (Å²) in [5.41, 5.74) is 0. The summed E-state index contributed by atoms with van der Waals surface area (Å²) in [6.07, 6.45) is 4.41. The Bertz CT molecular complexity index is 482. The largest absolute Gasteiger partial charge is 0.484 e. The summed E-state index contributed by atoms with van der Waals surface area (Å²) >= 11 is 5.71. The monoisotopic (exact) mass is 237 g/mol. The van der Waals surface area contributed by atoms with E-state index in [0.29, 0.717) is 10.8 Å². The molecule has 0 radical (unpaired) electrons. The molecule has 2 heterocycles. The maximum Gasteiger partial charge on any atom is 0.235 e. The van der Waals surface area contributed by atoms with E-state index in [-0.39, 0.29) is 18.2 Å². The maximum absolute atomic E-state index is 11.5. The van der Waals surface area contributed by atoms with Crippen molar-refractivity contribution in [3.8, 4) is 5.75 Å². The van der Waals surface area contributed by atoms with Crippen LogP contribution < -0.4 is 4.74 Å². The van der Waals surface area contributed by atoms with Gasteiger partial charge < -0.3 is 9.15 Å². The zero-order valence-electron chi connectivity index (χ0n) is 8.22. The van der Waals surface area contributed by atoms with Gasteiger partial charge in [0.15, 0.2) is 12.4 Å². The standard InChI is InChI=1S/C11H8ClNO3/c12-8-4-9(6-13-5-8)16-7-10(14)11-2-1-3-15-11/h1-6H,7H2. The Kier molecular flexibility index (Phi) is 3.22. The summed E-state index contributed by atoms with van der Waals surface area (Å²) in [5, 5.41) is 0.461. The molecule has 0 saturated carbocycles. The average molecular weight is 238 g/mol. The van der Waals surface area contributed by atoms with Crippen molar-refractivity contribution in [2.45, 2.75) is 0 Å². The van der Waals surface area contributed by atoms with Gasteiger partial charge in [0.2, 0.25) is 5.78 Å². The zero-order chi connectivity index (χ0) is 11.4. The molecule has 2 aromatic rings. The minimum atomic E-state index is -0.232. The molecule has 5 heteroatoms. The molecule has 0 fully saturated rings. The van der Waals surface area contributed by atoms with Gasteiger partial charge in [-0.15, -0.1) is 0 Å². The van der Waals surface area contributed by atoms with Crippen molar-refractivity contribution in [3.63, 3.8) is 0 Å². The van der Waals surface area contributed by atoms with E-state index in [4.69, 9.17) is 20.8 Å². The molecule has 0 aliphatic heterocycles. The molecule has 0 aromatic carbocycles. The normalized spacial score (nSPS) is 10.1. The van der Waals surface area contributed by atoms with Crippen LogP contribution in [0.1, 0.15) is 10.6 Å². The number of ether oxygens (including phenoxy) is 1. The van der Waals surface area contributed by atoms with E-state index in [9.17, 15) is 4.79 Å². The number of carbonyl (C=O) groups excluding carboxylic acids is 1. The molecular formula is C11H8ClNO3. The van der Waals surface area contributed by atoms with Crippen molar-refractivity contribution < 1.29 is 13.9 Å². The molecule has 0 aliphatic carbocycles. The minimum absolute atomic E-state index is 0.102.